The zero-order chi connectivity index (χ0) is 14.8. The van der Waals surface area contributed by atoms with Gasteiger partial charge in [0.25, 0.3) is 5.22 Å². The monoisotopic (exact) mass is 299 g/mol. The van der Waals surface area contributed by atoms with Crippen LogP contribution in [0.4, 0.5) is 0 Å². The zero-order valence-corrected chi connectivity index (χ0v) is 12.0. The van der Waals surface area contributed by atoms with Crippen LogP contribution >= 0.6 is 11.8 Å². The molecule has 0 bridgehead atoms. The lowest BCUT2D eigenvalue weighted by Crippen LogP contribution is -2.31. The molecule has 0 N–H and O–H groups in total. The van der Waals surface area contributed by atoms with E-state index >= 15 is 0 Å². The summed E-state index contributed by atoms with van der Waals surface area (Å²) in [4.78, 5) is 10.7. The highest BCUT2D eigenvalue weighted by Crippen LogP contribution is 2.30. The molecule has 0 saturated heterocycles. The van der Waals surface area contributed by atoms with E-state index in [9.17, 15) is 9.90 Å². The molecule has 21 heavy (non-hydrogen) atoms. The molecule has 3 aromatic rings. The molecule has 1 aromatic heterocycles. The Morgan fingerprint density at radius 3 is 2.76 bits per heavy atom. The van der Waals surface area contributed by atoms with Crippen molar-refractivity contribution in [3.63, 3.8) is 0 Å². The number of carbonyl (C=O) groups excluding carboxylic acids is 1. The van der Waals surface area contributed by atoms with E-state index in [-0.39, 0.29) is 5.22 Å². The van der Waals surface area contributed by atoms with E-state index in [1.54, 1.807) is 0 Å². The van der Waals surface area contributed by atoms with Crippen LogP contribution in [-0.4, -0.2) is 21.4 Å². The summed E-state index contributed by atoms with van der Waals surface area (Å²) < 4.78 is 5.55. The number of hydrogen-bond acceptors (Lipinski definition) is 6. The Bertz CT molecular complexity index is 795. The number of carboxylic acids is 1. The van der Waals surface area contributed by atoms with Gasteiger partial charge >= 0.3 is 0 Å². The Morgan fingerprint density at radius 2 is 1.95 bits per heavy atom. The molecule has 3 rings (SSSR count). The van der Waals surface area contributed by atoms with Crippen LogP contribution in [-0.2, 0) is 4.79 Å². The van der Waals surface area contributed by atoms with Gasteiger partial charge in [-0.15, -0.1) is 10.2 Å². The number of carboxylic acid groups (broad SMARTS) is 1. The van der Waals surface area contributed by atoms with E-state index in [2.05, 4.69) is 10.2 Å². The molecule has 0 aliphatic carbocycles. The normalized spacial score (nSPS) is 12.4. The van der Waals surface area contributed by atoms with Crippen molar-refractivity contribution < 1.29 is 14.3 Å². The van der Waals surface area contributed by atoms with Gasteiger partial charge < -0.3 is 14.3 Å². The van der Waals surface area contributed by atoms with Crippen LogP contribution in [0.3, 0.4) is 0 Å². The quantitative estimate of drug-likeness (QED) is 0.687. The maximum atomic E-state index is 10.7. The number of nitrogens with zero attached hydrogens (tertiary/aromatic N) is 2. The second-order valence-corrected chi connectivity index (χ2v) is 5.77. The van der Waals surface area contributed by atoms with E-state index in [0.29, 0.717) is 5.89 Å². The number of benzene rings is 2. The molecule has 0 radical (unpaired) electrons. The van der Waals surface area contributed by atoms with Crippen LogP contribution in [0.15, 0.2) is 52.1 Å². The van der Waals surface area contributed by atoms with Crippen molar-refractivity contribution in [3.05, 3.63) is 42.5 Å². The van der Waals surface area contributed by atoms with E-state index in [4.69, 9.17) is 4.42 Å². The van der Waals surface area contributed by atoms with Crippen molar-refractivity contribution in [2.24, 2.45) is 0 Å². The van der Waals surface area contributed by atoms with Crippen LogP contribution in [0.1, 0.15) is 6.92 Å². The second-order valence-electron chi connectivity index (χ2n) is 4.48. The molecule has 0 aliphatic rings. The van der Waals surface area contributed by atoms with E-state index in [0.717, 1.165) is 28.1 Å². The third kappa shape index (κ3) is 2.75. The number of carbonyl (C=O) groups is 1. The zero-order valence-electron chi connectivity index (χ0n) is 11.1. The van der Waals surface area contributed by atoms with Crippen molar-refractivity contribution in [3.8, 4) is 11.5 Å². The van der Waals surface area contributed by atoms with Crippen LogP contribution < -0.4 is 5.11 Å². The highest BCUT2D eigenvalue weighted by atomic mass is 32.2. The van der Waals surface area contributed by atoms with Gasteiger partial charge in [-0.05, 0) is 23.8 Å². The summed E-state index contributed by atoms with van der Waals surface area (Å²) in [5.41, 5.74) is 0.827. The predicted molar refractivity (Wildman–Crippen MR) is 77.6 cm³/mol. The molecule has 0 saturated carbocycles. The molecule has 1 atom stereocenters. The molecule has 5 nitrogen and oxygen atoms in total. The summed E-state index contributed by atoms with van der Waals surface area (Å²) >= 11 is 0.970. The summed E-state index contributed by atoms with van der Waals surface area (Å²) in [5, 5.41) is 20.2. The van der Waals surface area contributed by atoms with Gasteiger partial charge in [-0.2, -0.15) is 0 Å². The third-order valence-electron chi connectivity index (χ3n) is 3.04. The lowest BCUT2D eigenvalue weighted by atomic mass is 10.0. The molecule has 0 amide bonds. The first kappa shape index (κ1) is 13.6. The van der Waals surface area contributed by atoms with Crippen molar-refractivity contribution in [1.29, 1.82) is 0 Å². The lowest BCUT2D eigenvalue weighted by Gasteiger charge is -2.07. The third-order valence-corrected chi connectivity index (χ3v) is 3.95. The fourth-order valence-corrected chi connectivity index (χ4v) is 2.59. The Labute approximate surface area is 125 Å². The summed E-state index contributed by atoms with van der Waals surface area (Å²) in [6.07, 6.45) is 0. The second kappa shape index (κ2) is 5.57. The minimum Gasteiger partial charge on any atom is -0.549 e. The smallest absolute Gasteiger partial charge is 0.277 e. The Morgan fingerprint density at radius 1 is 1.19 bits per heavy atom. The maximum absolute atomic E-state index is 10.7. The number of thioether (sulfide) groups is 1. The van der Waals surface area contributed by atoms with E-state index < -0.39 is 11.2 Å². The standard InChI is InChI=1S/C15H12N2O3S/c1-9(14(18)19)21-15-17-16-13(20-15)12-8-4-6-10-5-2-3-7-11(10)12/h2-9H,1H3,(H,18,19)/p-1/t9-/m1/s1. The summed E-state index contributed by atoms with van der Waals surface area (Å²) in [5.74, 6) is -0.787. The van der Waals surface area contributed by atoms with Gasteiger partial charge in [0.05, 0.1) is 11.2 Å². The van der Waals surface area contributed by atoms with Gasteiger partial charge in [-0.25, -0.2) is 0 Å². The Kier molecular flexibility index (Phi) is 3.62. The fourth-order valence-electron chi connectivity index (χ4n) is 1.98. The molecular weight excluding hydrogens is 288 g/mol. The van der Waals surface area contributed by atoms with Gasteiger partial charge in [0.15, 0.2) is 0 Å². The number of hydrogen-bond donors (Lipinski definition) is 0. The van der Waals surface area contributed by atoms with Crippen LogP contribution in [0.5, 0.6) is 0 Å². The van der Waals surface area contributed by atoms with Crippen LogP contribution in [0.2, 0.25) is 0 Å². The predicted octanol–water partition coefficient (Wildman–Crippen LogP) is 2.12. The van der Waals surface area contributed by atoms with Crippen LogP contribution in [0.25, 0.3) is 22.2 Å². The lowest BCUT2D eigenvalue weighted by molar-refractivity contribution is -0.304. The summed E-state index contributed by atoms with van der Waals surface area (Å²) in [7, 11) is 0. The van der Waals surface area contributed by atoms with Crippen molar-refractivity contribution in [2.75, 3.05) is 0 Å². The number of aromatic nitrogens is 2. The highest BCUT2D eigenvalue weighted by molar-refractivity contribution is 8.00. The van der Waals surface area contributed by atoms with E-state index in [1.807, 2.05) is 42.5 Å². The first-order chi connectivity index (χ1) is 10.1. The van der Waals surface area contributed by atoms with Gasteiger partial charge in [-0.3, -0.25) is 0 Å². The average molecular weight is 299 g/mol. The maximum Gasteiger partial charge on any atom is 0.277 e. The fraction of sp³-hybridized carbons (Fsp3) is 0.133. The van der Waals surface area contributed by atoms with Gasteiger partial charge in [-0.1, -0.05) is 48.2 Å². The van der Waals surface area contributed by atoms with Gasteiger partial charge in [0.2, 0.25) is 5.89 Å². The molecule has 2 aromatic carbocycles. The van der Waals surface area contributed by atoms with Gasteiger partial charge in [0, 0.05) is 5.56 Å². The highest BCUT2D eigenvalue weighted by Gasteiger charge is 2.14. The van der Waals surface area contributed by atoms with E-state index in [1.165, 1.54) is 6.92 Å². The number of rotatable bonds is 4. The number of aliphatic carboxylic acids is 1. The van der Waals surface area contributed by atoms with Crippen LogP contribution in [0, 0.1) is 0 Å². The van der Waals surface area contributed by atoms with Crippen molar-refractivity contribution >= 4 is 28.5 Å². The molecule has 0 fully saturated rings. The molecular formula is C15H11N2O3S-. The first-order valence-electron chi connectivity index (χ1n) is 6.34. The average Bonchev–Trinajstić information content (AvgIpc) is 2.95. The SMILES string of the molecule is C[C@@H](Sc1nnc(-c2cccc3ccccc23)o1)C(=O)[O-]. The molecule has 0 aliphatic heterocycles. The molecule has 6 heteroatoms. The van der Waals surface area contributed by atoms with Crippen molar-refractivity contribution in [1.82, 2.24) is 10.2 Å². The Hall–Kier alpha value is -2.34. The summed E-state index contributed by atoms with van der Waals surface area (Å²) in [6.45, 7) is 1.52. The molecule has 106 valence electrons. The minimum atomic E-state index is -1.16. The first-order valence-corrected chi connectivity index (χ1v) is 7.22. The number of fused-ring (bicyclic) bond motifs is 1. The van der Waals surface area contributed by atoms with Gasteiger partial charge in [0.1, 0.15) is 0 Å². The van der Waals surface area contributed by atoms with Crippen molar-refractivity contribution in [2.45, 2.75) is 17.4 Å². The largest absolute Gasteiger partial charge is 0.549 e. The minimum absolute atomic E-state index is 0.217. The topological polar surface area (TPSA) is 79.0 Å². The molecule has 0 unspecified atom stereocenters. The summed E-state index contributed by atoms with van der Waals surface area (Å²) in [6, 6.07) is 13.7. The molecule has 1 heterocycles. The Balaban J connectivity index is 1.97. The molecule has 0 spiro atoms.